The molecule has 1 heterocycles. The van der Waals surface area contributed by atoms with Crippen LogP contribution in [-0.2, 0) is 16.6 Å². The monoisotopic (exact) mass is 392 g/mol. The predicted octanol–water partition coefficient (Wildman–Crippen LogP) is 2.23. The molecule has 0 unspecified atom stereocenters. The van der Waals surface area contributed by atoms with E-state index in [1.807, 2.05) is 0 Å². The average molecular weight is 393 g/mol. The summed E-state index contributed by atoms with van der Waals surface area (Å²) in [5, 5.41) is 7.51. The second-order valence-electron chi connectivity index (χ2n) is 4.07. The van der Waals surface area contributed by atoms with Crippen molar-refractivity contribution in [1.29, 1.82) is 0 Å². The first-order valence-corrected chi connectivity index (χ1v) is 8.78. The fourth-order valence-corrected chi connectivity index (χ4v) is 3.59. The number of carbonyl (C=O) groups is 1. The highest BCUT2D eigenvalue weighted by molar-refractivity contribution is 9.10. The molecule has 1 amide bonds. The summed E-state index contributed by atoms with van der Waals surface area (Å²) in [6.45, 7) is 0.0918. The van der Waals surface area contributed by atoms with Crippen LogP contribution in [-0.4, -0.2) is 14.3 Å². The quantitative estimate of drug-likeness (QED) is 0.835. The highest BCUT2D eigenvalue weighted by Crippen LogP contribution is 2.20. The normalized spacial score (nSPS) is 11.4. The van der Waals surface area contributed by atoms with Gasteiger partial charge in [0.05, 0.1) is 12.1 Å². The third-order valence-corrected chi connectivity index (χ3v) is 5.53. The van der Waals surface area contributed by atoms with Gasteiger partial charge in [-0.15, -0.1) is 11.3 Å². The molecule has 3 N–H and O–H groups in total. The van der Waals surface area contributed by atoms with Gasteiger partial charge in [-0.25, -0.2) is 17.9 Å². The zero-order valence-corrected chi connectivity index (χ0v) is 13.7. The molecule has 9 heteroatoms. The Morgan fingerprint density at radius 1 is 1.33 bits per heavy atom. The lowest BCUT2D eigenvalue weighted by molar-refractivity contribution is 0.0947. The van der Waals surface area contributed by atoms with E-state index in [1.54, 1.807) is 12.1 Å². The number of sulfonamides is 1. The molecule has 21 heavy (non-hydrogen) atoms. The van der Waals surface area contributed by atoms with E-state index in [0.717, 1.165) is 11.3 Å². The number of hydrogen-bond acceptors (Lipinski definition) is 4. The van der Waals surface area contributed by atoms with Gasteiger partial charge in [-0.05, 0) is 30.3 Å². The van der Waals surface area contributed by atoms with Crippen LogP contribution < -0.4 is 10.5 Å². The number of thiophene rings is 1. The first-order valence-electron chi connectivity index (χ1n) is 5.62. The van der Waals surface area contributed by atoms with Gasteiger partial charge in [0, 0.05) is 9.35 Å². The maximum atomic E-state index is 13.6. The van der Waals surface area contributed by atoms with E-state index in [-0.39, 0.29) is 16.3 Å². The van der Waals surface area contributed by atoms with Gasteiger partial charge in [0.2, 0.25) is 10.0 Å². The molecule has 0 atom stereocenters. The molecule has 0 saturated heterocycles. The fraction of sp³-hybridized carbons (Fsp3) is 0.0833. The van der Waals surface area contributed by atoms with E-state index in [0.29, 0.717) is 9.35 Å². The summed E-state index contributed by atoms with van der Waals surface area (Å²) in [7, 11) is -3.74. The van der Waals surface area contributed by atoms with Crippen molar-refractivity contribution in [3.63, 3.8) is 0 Å². The third-order valence-electron chi connectivity index (χ3n) is 2.52. The van der Waals surface area contributed by atoms with E-state index in [4.69, 9.17) is 5.14 Å². The van der Waals surface area contributed by atoms with E-state index in [2.05, 4.69) is 21.2 Å². The van der Waals surface area contributed by atoms with Crippen molar-refractivity contribution in [3.8, 4) is 0 Å². The average Bonchev–Trinajstić information content (AvgIpc) is 2.84. The SMILES string of the molecule is NS(=O)(=O)c1ccc(CNC(=O)c2ccc(Br)cc2F)s1. The summed E-state index contributed by atoms with van der Waals surface area (Å²) < 4.78 is 36.4. The van der Waals surface area contributed by atoms with Gasteiger partial charge in [0.25, 0.3) is 5.91 Å². The maximum Gasteiger partial charge on any atom is 0.254 e. The molecule has 1 aromatic heterocycles. The van der Waals surface area contributed by atoms with Crippen molar-refractivity contribution in [2.45, 2.75) is 10.8 Å². The van der Waals surface area contributed by atoms with Crippen LogP contribution in [0.2, 0.25) is 0 Å². The lowest BCUT2D eigenvalue weighted by atomic mass is 10.2. The fourth-order valence-electron chi connectivity index (χ4n) is 1.54. The second kappa shape index (κ2) is 6.22. The Morgan fingerprint density at radius 3 is 2.62 bits per heavy atom. The molecule has 0 aliphatic carbocycles. The molecular weight excluding hydrogens is 383 g/mol. The number of halogens is 2. The number of hydrogen-bond donors (Lipinski definition) is 2. The van der Waals surface area contributed by atoms with E-state index in [1.165, 1.54) is 18.2 Å². The number of rotatable bonds is 4. The molecule has 112 valence electrons. The largest absolute Gasteiger partial charge is 0.347 e. The van der Waals surface area contributed by atoms with Crippen molar-refractivity contribution in [1.82, 2.24) is 5.32 Å². The number of nitrogens with two attached hydrogens (primary N) is 1. The molecule has 0 saturated carbocycles. The number of amides is 1. The zero-order valence-electron chi connectivity index (χ0n) is 10.5. The Morgan fingerprint density at radius 2 is 2.05 bits per heavy atom. The first-order chi connectivity index (χ1) is 9.77. The Labute approximate surface area is 133 Å². The third kappa shape index (κ3) is 4.10. The topological polar surface area (TPSA) is 89.3 Å². The van der Waals surface area contributed by atoms with E-state index >= 15 is 0 Å². The van der Waals surface area contributed by atoms with Gasteiger partial charge in [-0.1, -0.05) is 15.9 Å². The molecule has 0 fully saturated rings. The molecular formula is C12H10BrFN2O3S2. The Kier molecular flexibility index (Phi) is 4.77. The molecule has 0 aliphatic rings. The van der Waals surface area contributed by atoms with Gasteiger partial charge in [-0.3, -0.25) is 4.79 Å². The Bertz CT molecular complexity index is 790. The first kappa shape index (κ1) is 16.1. The van der Waals surface area contributed by atoms with Crippen LogP contribution in [0.25, 0.3) is 0 Å². The zero-order chi connectivity index (χ0) is 15.6. The van der Waals surface area contributed by atoms with Crippen LogP contribution in [0.15, 0.2) is 39.0 Å². The lowest BCUT2D eigenvalue weighted by Gasteiger charge is -2.05. The highest BCUT2D eigenvalue weighted by Gasteiger charge is 2.14. The highest BCUT2D eigenvalue weighted by atomic mass is 79.9. The molecule has 0 bridgehead atoms. The summed E-state index contributed by atoms with van der Waals surface area (Å²) in [4.78, 5) is 12.5. The van der Waals surface area contributed by atoms with E-state index in [9.17, 15) is 17.6 Å². The number of primary sulfonamides is 1. The Balaban J connectivity index is 2.06. The van der Waals surface area contributed by atoms with Crippen LogP contribution in [0.3, 0.4) is 0 Å². The molecule has 5 nitrogen and oxygen atoms in total. The van der Waals surface area contributed by atoms with Crippen LogP contribution in [0.4, 0.5) is 4.39 Å². The Hall–Kier alpha value is -1.29. The summed E-state index contributed by atoms with van der Waals surface area (Å²) >= 11 is 4.06. The minimum atomic E-state index is -3.74. The smallest absolute Gasteiger partial charge is 0.254 e. The van der Waals surface area contributed by atoms with Gasteiger partial charge in [0.1, 0.15) is 10.0 Å². The van der Waals surface area contributed by atoms with Gasteiger partial charge >= 0.3 is 0 Å². The number of benzene rings is 1. The van der Waals surface area contributed by atoms with Gasteiger partial charge < -0.3 is 5.32 Å². The van der Waals surface area contributed by atoms with Crippen LogP contribution in [0.5, 0.6) is 0 Å². The van der Waals surface area contributed by atoms with Crippen LogP contribution >= 0.6 is 27.3 Å². The number of nitrogens with one attached hydrogen (secondary N) is 1. The minimum absolute atomic E-state index is 0.0153. The van der Waals surface area contributed by atoms with Crippen molar-refractivity contribution in [2.75, 3.05) is 0 Å². The summed E-state index contributed by atoms with van der Waals surface area (Å²) in [5.74, 6) is -1.22. The second-order valence-corrected chi connectivity index (χ2v) is 7.94. The molecule has 1 aromatic carbocycles. The molecule has 2 rings (SSSR count). The standard InChI is InChI=1S/C12H10BrFN2O3S2/c13-7-1-3-9(10(14)5-7)12(17)16-6-8-2-4-11(20-8)21(15,18)19/h1-5H,6H2,(H,16,17)(H2,15,18,19). The molecule has 0 spiro atoms. The van der Waals surface area contributed by atoms with Crippen molar-refractivity contribution in [2.24, 2.45) is 5.14 Å². The van der Waals surface area contributed by atoms with Crippen molar-refractivity contribution in [3.05, 3.63) is 51.1 Å². The van der Waals surface area contributed by atoms with Crippen LogP contribution in [0.1, 0.15) is 15.2 Å². The predicted molar refractivity (Wildman–Crippen MR) is 81.0 cm³/mol. The van der Waals surface area contributed by atoms with Crippen LogP contribution in [0, 0.1) is 5.82 Å². The summed E-state index contributed by atoms with van der Waals surface area (Å²) in [5.41, 5.74) is -0.0820. The number of carbonyl (C=O) groups excluding carboxylic acids is 1. The van der Waals surface area contributed by atoms with E-state index < -0.39 is 21.7 Å². The minimum Gasteiger partial charge on any atom is -0.347 e. The summed E-state index contributed by atoms with van der Waals surface area (Å²) in [6, 6.07) is 7.02. The lowest BCUT2D eigenvalue weighted by Crippen LogP contribution is -2.23. The molecule has 0 aliphatic heterocycles. The van der Waals surface area contributed by atoms with Crippen molar-refractivity contribution < 1.29 is 17.6 Å². The maximum absolute atomic E-state index is 13.6. The van der Waals surface area contributed by atoms with Gasteiger partial charge in [-0.2, -0.15) is 0 Å². The van der Waals surface area contributed by atoms with Gasteiger partial charge in [0.15, 0.2) is 0 Å². The van der Waals surface area contributed by atoms with Crippen molar-refractivity contribution >= 4 is 43.2 Å². The summed E-state index contributed by atoms with van der Waals surface area (Å²) in [6.07, 6.45) is 0. The molecule has 0 radical (unpaired) electrons. The molecule has 2 aromatic rings.